The van der Waals surface area contributed by atoms with Gasteiger partial charge in [-0.3, -0.25) is 19.9 Å². The summed E-state index contributed by atoms with van der Waals surface area (Å²) in [5.74, 6) is -0.773. The van der Waals surface area contributed by atoms with Crippen LogP contribution in [-0.2, 0) is 4.79 Å². The zero-order chi connectivity index (χ0) is 22.2. The van der Waals surface area contributed by atoms with Crippen molar-refractivity contribution in [1.29, 1.82) is 0 Å². The molecule has 4 aliphatic heterocycles. The van der Waals surface area contributed by atoms with Gasteiger partial charge in [-0.25, -0.2) is 14.8 Å². The Morgan fingerprint density at radius 1 is 1.16 bits per heavy atom. The summed E-state index contributed by atoms with van der Waals surface area (Å²) in [4.78, 5) is 16.7. The van der Waals surface area contributed by atoms with E-state index in [2.05, 4.69) is 26.3 Å². The maximum absolute atomic E-state index is 13.7. The molecule has 0 aromatic heterocycles. The van der Waals surface area contributed by atoms with Crippen LogP contribution in [0.1, 0.15) is 6.42 Å². The molecule has 0 aromatic carbocycles. The lowest BCUT2D eigenvalue weighted by Crippen LogP contribution is -2.65. The summed E-state index contributed by atoms with van der Waals surface area (Å²) < 4.78 is 51.6. The van der Waals surface area contributed by atoms with E-state index in [1.54, 1.807) is 5.01 Å². The normalized spacial score (nSPS) is 38.7. The van der Waals surface area contributed by atoms with Crippen molar-refractivity contribution < 1.29 is 22.4 Å². The van der Waals surface area contributed by atoms with E-state index in [0.717, 1.165) is 13.0 Å². The molecule has 4 heterocycles. The average molecular weight is 453 g/mol. The van der Waals surface area contributed by atoms with Crippen LogP contribution >= 0.6 is 0 Å². The molecule has 4 saturated heterocycles. The van der Waals surface area contributed by atoms with E-state index in [0.29, 0.717) is 32.7 Å². The molecule has 13 heteroatoms. The first-order valence-electron chi connectivity index (χ1n) is 10.9. The van der Waals surface area contributed by atoms with Gasteiger partial charge in [-0.1, -0.05) is 0 Å². The highest BCUT2D eigenvalue weighted by Crippen LogP contribution is 2.24. The van der Waals surface area contributed by atoms with Gasteiger partial charge >= 0.3 is 6.18 Å². The van der Waals surface area contributed by atoms with E-state index in [-0.39, 0.29) is 37.2 Å². The van der Waals surface area contributed by atoms with Crippen molar-refractivity contribution in [1.82, 2.24) is 36.2 Å². The lowest BCUT2D eigenvalue weighted by molar-refractivity contribution is -0.150. The van der Waals surface area contributed by atoms with Gasteiger partial charge in [0.05, 0.1) is 30.8 Å². The smallest absolute Gasteiger partial charge is 0.350 e. The lowest BCUT2D eigenvalue weighted by Gasteiger charge is -2.45. The van der Waals surface area contributed by atoms with Gasteiger partial charge in [-0.05, 0) is 13.0 Å². The molecule has 6 atom stereocenters. The van der Waals surface area contributed by atoms with E-state index in [4.69, 9.17) is 5.73 Å². The molecule has 178 valence electrons. The molecular weight excluding hydrogens is 420 g/mol. The van der Waals surface area contributed by atoms with E-state index < -0.39 is 31.0 Å². The largest absolute Gasteiger partial charge is 0.401 e. The number of hydrogen-bond donors (Lipinski definition) is 5. The van der Waals surface area contributed by atoms with Crippen LogP contribution in [0.15, 0.2) is 0 Å². The second kappa shape index (κ2) is 9.41. The summed E-state index contributed by atoms with van der Waals surface area (Å²) in [6, 6.07) is -0.122. The maximum Gasteiger partial charge on any atom is 0.401 e. The highest BCUT2D eigenvalue weighted by molar-refractivity contribution is 5.81. The van der Waals surface area contributed by atoms with Crippen LogP contribution in [0.4, 0.5) is 17.6 Å². The van der Waals surface area contributed by atoms with Crippen molar-refractivity contribution in [2.75, 3.05) is 58.9 Å². The van der Waals surface area contributed by atoms with Crippen molar-refractivity contribution in [3.63, 3.8) is 0 Å². The number of carbonyl (C=O) groups excluding carboxylic acids is 1. The molecule has 6 N–H and O–H groups in total. The van der Waals surface area contributed by atoms with E-state index in [1.807, 2.05) is 0 Å². The molecule has 0 saturated carbocycles. The molecule has 4 fully saturated rings. The number of nitrogens with zero attached hydrogens (tertiary/aromatic N) is 3. The molecule has 0 aliphatic carbocycles. The van der Waals surface area contributed by atoms with Crippen molar-refractivity contribution >= 4 is 5.91 Å². The Morgan fingerprint density at radius 2 is 1.90 bits per heavy atom. The van der Waals surface area contributed by atoms with Gasteiger partial charge in [0.1, 0.15) is 6.17 Å². The van der Waals surface area contributed by atoms with Gasteiger partial charge in [0.25, 0.3) is 0 Å². The second-order valence-electron chi connectivity index (χ2n) is 8.89. The third kappa shape index (κ3) is 5.46. The van der Waals surface area contributed by atoms with E-state index in [1.165, 1.54) is 4.90 Å². The molecule has 0 spiro atoms. The van der Waals surface area contributed by atoms with Crippen molar-refractivity contribution in [2.45, 2.75) is 43.2 Å². The Bertz CT molecular complexity index is 632. The monoisotopic (exact) mass is 452 g/mol. The van der Waals surface area contributed by atoms with Gasteiger partial charge in [-0.2, -0.15) is 13.2 Å². The number of nitrogens with one attached hydrogen (secondary N) is 4. The Balaban J connectivity index is 1.34. The van der Waals surface area contributed by atoms with E-state index >= 15 is 0 Å². The Morgan fingerprint density at radius 3 is 2.61 bits per heavy atom. The predicted molar refractivity (Wildman–Crippen MR) is 105 cm³/mol. The molecular formula is C18H32F4N8O. The summed E-state index contributed by atoms with van der Waals surface area (Å²) in [6.45, 7) is 2.62. The lowest BCUT2D eigenvalue weighted by atomic mass is 9.95. The number of hydrazine groups is 1. The molecule has 0 radical (unpaired) electrons. The number of carbonyl (C=O) groups is 1. The first kappa shape index (κ1) is 23.1. The maximum atomic E-state index is 13.7. The summed E-state index contributed by atoms with van der Waals surface area (Å²) in [5.41, 5.74) is 9.11. The third-order valence-corrected chi connectivity index (χ3v) is 6.68. The van der Waals surface area contributed by atoms with Gasteiger partial charge < -0.3 is 16.4 Å². The molecule has 31 heavy (non-hydrogen) atoms. The topological polar surface area (TPSA) is 101 Å². The van der Waals surface area contributed by atoms with Gasteiger partial charge in [0.2, 0.25) is 5.91 Å². The van der Waals surface area contributed by atoms with Crippen molar-refractivity contribution in [3.8, 4) is 0 Å². The number of rotatable bonds is 4. The number of fused-ring (bicyclic) bond motifs is 1. The fourth-order valence-electron chi connectivity index (χ4n) is 5.19. The molecule has 0 bridgehead atoms. The number of piperidine rings is 1. The molecule has 0 aromatic rings. The Kier molecular flexibility index (Phi) is 7.01. The van der Waals surface area contributed by atoms with Gasteiger partial charge in [-0.15, -0.1) is 0 Å². The van der Waals surface area contributed by atoms with Crippen LogP contribution in [0.5, 0.6) is 0 Å². The van der Waals surface area contributed by atoms with Crippen LogP contribution in [0, 0.1) is 5.92 Å². The molecule has 9 nitrogen and oxygen atoms in total. The minimum absolute atomic E-state index is 0.0504. The minimum Gasteiger partial charge on any atom is -0.350 e. The van der Waals surface area contributed by atoms with Gasteiger partial charge in [0.15, 0.2) is 0 Å². The van der Waals surface area contributed by atoms with Crippen molar-refractivity contribution in [2.24, 2.45) is 11.7 Å². The summed E-state index contributed by atoms with van der Waals surface area (Å²) >= 11 is 0. The molecule has 1 amide bonds. The highest BCUT2D eigenvalue weighted by atomic mass is 19.4. The number of hydrogen-bond acceptors (Lipinski definition) is 8. The minimum atomic E-state index is -4.19. The SMILES string of the molecule is NC1NN2CC(F)CNC2C1C(=O)NC1CNCCC1N1CCN(CC(F)(F)F)CC1. The standard InChI is InChI=1S/C18H32F4N8O/c19-11-7-25-16-14(15(23)27-30(16)9-11)17(31)26-12-8-24-2-1-13(12)29-5-3-28(4-6-29)10-18(20,21)22/h11-16,24-25,27H,1-10,23H2,(H,26,31). The quantitative estimate of drug-likeness (QED) is 0.313. The fourth-order valence-corrected chi connectivity index (χ4v) is 5.19. The number of nitrogens with two attached hydrogens (primary N) is 1. The second-order valence-corrected chi connectivity index (χ2v) is 8.89. The van der Waals surface area contributed by atoms with Crippen LogP contribution in [0.25, 0.3) is 0 Å². The van der Waals surface area contributed by atoms with Crippen molar-refractivity contribution in [3.05, 3.63) is 0 Å². The zero-order valence-corrected chi connectivity index (χ0v) is 17.4. The summed E-state index contributed by atoms with van der Waals surface area (Å²) in [6.07, 6.45) is -5.41. The zero-order valence-electron chi connectivity index (χ0n) is 17.4. The van der Waals surface area contributed by atoms with Crippen LogP contribution in [0.3, 0.4) is 0 Å². The van der Waals surface area contributed by atoms with Crippen LogP contribution < -0.4 is 27.1 Å². The number of amides is 1. The summed E-state index contributed by atoms with van der Waals surface area (Å²) in [7, 11) is 0. The Labute approximate surface area is 179 Å². The molecule has 4 aliphatic rings. The number of piperazine rings is 1. The van der Waals surface area contributed by atoms with Gasteiger partial charge in [0, 0.05) is 51.9 Å². The fraction of sp³-hybridized carbons (Fsp3) is 0.944. The average Bonchev–Trinajstić information content (AvgIpc) is 3.02. The Hall–Kier alpha value is -1.09. The summed E-state index contributed by atoms with van der Waals surface area (Å²) in [5, 5.41) is 11.1. The highest BCUT2D eigenvalue weighted by Gasteiger charge is 2.48. The van der Waals surface area contributed by atoms with E-state index in [9.17, 15) is 22.4 Å². The predicted octanol–water partition coefficient (Wildman–Crippen LogP) is -2.00. The number of halogens is 4. The first-order valence-corrected chi connectivity index (χ1v) is 10.9. The molecule has 4 rings (SSSR count). The van der Waals surface area contributed by atoms with Crippen LogP contribution in [-0.4, -0.2) is 116 Å². The third-order valence-electron chi connectivity index (χ3n) is 6.68. The van der Waals surface area contributed by atoms with Crippen LogP contribution in [0.2, 0.25) is 0 Å². The number of alkyl halides is 4. The first-order chi connectivity index (χ1) is 14.7. The molecule has 6 unspecified atom stereocenters.